The molecule has 1 atom stereocenters. The lowest BCUT2D eigenvalue weighted by Crippen LogP contribution is -2.15. The molecule has 1 aliphatic rings. The molecule has 3 heteroatoms. The van der Waals surface area contributed by atoms with Gasteiger partial charge in [-0.15, -0.1) is 0 Å². The van der Waals surface area contributed by atoms with Crippen LogP contribution in [0.2, 0.25) is 0 Å². The molecule has 114 valence electrons. The van der Waals surface area contributed by atoms with Crippen molar-refractivity contribution in [2.24, 2.45) is 0 Å². The number of carbonyl (C=O) groups is 1. The monoisotopic (exact) mass is 295 g/mol. The van der Waals surface area contributed by atoms with Gasteiger partial charge in [0, 0.05) is 5.69 Å². The fourth-order valence-electron chi connectivity index (χ4n) is 3.19. The quantitative estimate of drug-likeness (QED) is 0.926. The van der Waals surface area contributed by atoms with Crippen molar-refractivity contribution in [2.75, 3.05) is 11.9 Å². The van der Waals surface area contributed by atoms with Crippen molar-refractivity contribution in [3.63, 3.8) is 0 Å². The summed E-state index contributed by atoms with van der Waals surface area (Å²) in [6.45, 7) is 6.72. The lowest BCUT2D eigenvalue weighted by molar-refractivity contribution is -0.117. The lowest BCUT2D eigenvalue weighted by Gasteiger charge is -2.14. The molecule has 1 N–H and O–H groups in total. The van der Waals surface area contributed by atoms with Crippen LogP contribution in [0, 0.1) is 13.8 Å². The maximum absolute atomic E-state index is 12.4. The van der Waals surface area contributed by atoms with Crippen LogP contribution in [0.15, 0.2) is 36.4 Å². The van der Waals surface area contributed by atoms with Crippen molar-refractivity contribution in [1.82, 2.24) is 0 Å². The first-order valence-electron chi connectivity index (χ1n) is 7.73. The van der Waals surface area contributed by atoms with Crippen molar-refractivity contribution in [1.29, 1.82) is 0 Å². The highest BCUT2D eigenvalue weighted by Crippen LogP contribution is 2.38. The van der Waals surface area contributed by atoms with Gasteiger partial charge in [-0.05, 0) is 49.9 Å². The third kappa shape index (κ3) is 2.59. The van der Waals surface area contributed by atoms with Crippen LogP contribution in [0.25, 0.3) is 0 Å². The van der Waals surface area contributed by atoms with Crippen LogP contribution >= 0.6 is 0 Å². The summed E-state index contributed by atoms with van der Waals surface area (Å²) in [5.74, 6) is 0.806. The zero-order chi connectivity index (χ0) is 15.7. The van der Waals surface area contributed by atoms with Gasteiger partial charge in [0.1, 0.15) is 5.75 Å². The van der Waals surface area contributed by atoms with E-state index in [2.05, 4.69) is 24.4 Å². The molecule has 2 aromatic carbocycles. The van der Waals surface area contributed by atoms with Crippen LogP contribution in [0.3, 0.4) is 0 Å². The second-order valence-electron chi connectivity index (χ2n) is 5.83. The summed E-state index contributed by atoms with van der Waals surface area (Å²) in [4.78, 5) is 12.4. The van der Waals surface area contributed by atoms with Crippen LogP contribution in [0.1, 0.15) is 35.1 Å². The van der Waals surface area contributed by atoms with E-state index in [4.69, 9.17) is 4.74 Å². The molecule has 0 fully saturated rings. The molecule has 2 aromatic rings. The summed E-state index contributed by atoms with van der Waals surface area (Å²) in [5.41, 5.74) is 5.49. The van der Waals surface area contributed by atoms with Crippen LogP contribution < -0.4 is 10.1 Å². The topological polar surface area (TPSA) is 38.3 Å². The van der Waals surface area contributed by atoms with E-state index in [1.165, 1.54) is 5.56 Å². The predicted molar refractivity (Wildman–Crippen MR) is 88.6 cm³/mol. The number of amides is 1. The number of anilines is 1. The Morgan fingerprint density at radius 3 is 2.73 bits per heavy atom. The first-order valence-corrected chi connectivity index (χ1v) is 7.73. The van der Waals surface area contributed by atoms with Crippen LogP contribution in [-0.4, -0.2) is 12.5 Å². The van der Waals surface area contributed by atoms with Gasteiger partial charge in [-0.25, -0.2) is 0 Å². The number of benzene rings is 2. The van der Waals surface area contributed by atoms with E-state index in [0.717, 1.165) is 28.1 Å². The largest absolute Gasteiger partial charge is 0.494 e. The SMILES string of the molecule is CCOc1ccccc1CC1C(=O)Nc2c(C)cc(C)cc21. The average molecular weight is 295 g/mol. The zero-order valence-corrected chi connectivity index (χ0v) is 13.3. The van der Waals surface area contributed by atoms with Gasteiger partial charge >= 0.3 is 0 Å². The Morgan fingerprint density at radius 2 is 1.95 bits per heavy atom. The molecule has 0 radical (unpaired) electrons. The summed E-state index contributed by atoms with van der Waals surface area (Å²) in [6, 6.07) is 12.2. The Hall–Kier alpha value is -2.29. The molecule has 0 saturated carbocycles. The summed E-state index contributed by atoms with van der Waals surface area (Å²) in [7, 11) is 0. The molecular formula is C19H21NO2. The van der Waals surface area contributed by atoms with Gasteiger partial charge in [-0.1, -0.05) is 35.9 Å². The average Bonchev–Trinajstić information content (AvgIpc) is 2.79. The Balaban J connectivity index is 1.96. The van der Waals surface area contributed by atoms with Gasteiger partial charge in [0.25, 0.3) is 0 Å². The van der Waals surface area contributed by atoms with Gasteiger partial charge in [-0.3, -0.25) is 4.79 Å². The molecule has 1 heterocycles. The molecule has 1 unspecified atom stereocenters. The third-order valence-electron chi connectivity index (χ3n) is 4.15. The highest BCUT2D eigenvalue weighted by molar-refractivity contribution is 6.04. The Morgan fingerprint density at radius 1 is 1.18 bits per heavy atom. The van der Waals surface area contributed by atoms with Gasteiger partial charge < -0.3 is 10.1 Å². The van der Waals surface area contributed by atoms with Crippen molar-refractivity contribution in [3.05, 3.63) is 58.7 Å². The number of para-hydroxylation sites is 1. The number of aryl methyl sites for hydroxylation is 2. The van der Waals surface area contributed by atoms with E-state index in [9.17, 15) is 4.79 Å². The molecule has 3 nitrogen and oxygen atoms in total. The third-order valence-corrected chi connectivity index (χ3v) is 4.15. The minimum Gasteiger partial charge on any atom is -0.494 e. The molecule has 0 bridgehead atoms. The van der Waals surface area contributed by atoms with E-state index in [0.29, 0.717) is 13.0 Å². The summed E-state index contributed by atoms with van der Waals surface area (Å²) < 4.78 is 5.69. The van der Waals surface area contributed by atoms with Gasteiger partial charge in [0.15, 0.2) is 0 Å². The Labute approximate surface area is 131 Å². The van der Waals surface area contributed by atoms with Gasteiger partial charge in [0.2, 0.25) is 5.91 Å². The number of rotatable bonds is 4. The van der Waals surface area contributed by atoms with E-state index in [1.54, 1.807) is 0 Å². The minimum absolute atomic E-state index is 0.0787. The lowest BCUT2D eigenvalue weighted by atomic mass is 9.91. The molecule has 0 aliphatic carbocycles. The van der Waals surface area contributed by atoms with E-state index in [1.807, 2.05) is 38.1 Å². The van der Waals surface area contributed by atoms with E-state index < -0.39 is 0 Å². The zero-order valence-electron chi connectivity index (χ0n) is 13.3. The van der Waals surface area contributed by atoms with Crippen LogP contribution in [0.4, 0.5) is 5.69 Å². The normalized spacial score (nSPS) is 16.3. The van der Waals surface area contributed by atoms with Crippen molar-refractivity contribution in [2.45, 2.75) is 33.1 Å². The first-order chi connectivity index (χ1) is 10.6. The van der Waals surface area contributed by atoms with Gasteiger partial charge in [-0.2, -0.15) is 0 Å². The number of fused-ring (bicyclic) bond motifs is 1. The summed E-state index contributed by atoms with van der Waals surface area (Å²) >= 11 is 0. The molecule has 0 saturated heterocycles. The fraction of sp³-hybridized carbons (Fsp3) is 0.316. The molecule has 0 spiro atoms. The maximum Gasteiger partial charge on any atom is 0.232 e. The summed E-state index contributed by atoms with van der Waals surface area (Å²) in [6.07, 6.45) is 0.665. The molecule has 0 aromatic heterocycles. The number of carbonyl (C=O) groups excluding carboxylic acids is 1. The fourth-order valence-corrected chi connectivity index (χ4v) is 3.19. The second-order valence-corrected chi connectivity index (χ2v) is 5.83. The smallest absolute Gasteiger partial charge is 0.232 e. The van der Waals surface area contributed by atoms with Gasteiger partial charge in [0.05, 0.1) is 12.5 Å². The Kier molecular flexibility index (Phi) is 3.88. The van der Waals surface area contributed by atoms with E-state index in [-0.39, 0.29) is 11.8 Å². The summed E-state index contributed by atoms with van der Waals surface area (Å²) in [5, 5.41) is 3.03. The minimum atomic E-state index is -0.143. The number of hydrogen-bond donors (Lipinski definition) is 1. The van der Waals surface area contributed by atoms with Crippen molar-refractivity contribution < 1.29 is 9.53 Å². The second kappa shape index (κ2) is 5.84. The van der Waals surface area contributed by atoms with Crippen LogP contribution in [-0.2, 0) is 11.2 Å². The van der Waals surface area contributed by atoms with Crippen molar-refractivity contribution in [3.8, 4) is 5.75 Å². The molecule has 3 rings (SSSR count). The highest BCUT2D eigenvalue weighted by Gasteiger charge is 2.32. The standard InChI is InChI=1S/C19H21NO2/c1-4-22-17-8-6-5-7-14(17)11-16-15-10-12(2)9-13(3)18(15)20-19(16)21/h5-10,16H,4,11H2,1-3H3,(H,20,21). The highest BCUT2D eigenvalue weighted by atomic mass is 16.5. The van der Waals surface area contributed by atoms with E-state index >= 15 is 0 Å². The Bertz CT molecular complexity index is 721. The van der Waals surface area contributed by atoms with Crippen molar-refractivity contribution >= 4 is 11.6 Å². The first kappa shape index (κ1) is 14.6. The number of hydrogen-bond acceptors (Lipinski definition) is 2. The molecule has 1 amide bonds. The molecule has 22 heavy (non-hydrogen) atoms. The predicted octanol–water partition coefficient (Wildman–Crippen LogP) is 3.98. The molecule has 1 aliphatic heterocycles. The number of nitrogens with one attached hydrogen (secondary N) is 1. The maximum atomic E-state index is 12.4. The number of ether oxygens (including phenoxy) is 1. The van der Waals surface area contributed by atoms with Crippen LogP contribution in [0.5, 0.6) is 5.75 Å². The molecular weight excluding hydrogens is 274 g/mol.